The molecule has 1 aromatic rings. The standard InChI is InChI=1S/C24H35N5O6/c25-9-1-11-33-13-15-35-16-14-34-12-2-10-26-23(30)21-7-8-22(27-18-21)29-28-17-19-3-5-20(6-4-19)24(31)32/h3,5-8,17-19H,1-2,4,9-16,25H2,(H,26,30)(H,27,29)(H,31,32)/b28-17+. The molecule has 0 aromatic carbocycles. The lowest BCUT2D eigenvalue weighted by Gasteiger charge is -2.09. The molecule has 11 heteroatoms. The second-order valence-electron chi connectivity index (χ2n) is 7.63. The second kappa shape index (κ2) is 17.3. The van der Waals surface area contributed by atoms with Gasteiger partial charge in [0.1, 0.15) is 5.82 Å². The van der Waals surface area contributed by atoms with Gasteiger partial charge < -0.3 is 30.4 Å². The third kappa shape index (κ3) is 12.2. The number of aromatic nitrogens is 1. The molecule has 11 nitrogen and oxygen atoms in total. The minimum absolute atomic E-state index is 0.0123. The number of carboxylic acids is 1. The minimum Gasteiger partial charge on any atom is -0.478 e. The molecule has 1 amide bonds. The predicted octanol–water partition coefficient (Wildman–Crippen LogP) is 1.58. The van der Waals surface area contributed by atoms with Crippen molar-refractivity contribution in [2.75, 3.05) is 58.2 Å². The number of aliphatic carboxylic acids is 1. The summed E-state index contributed by atoms with van der Waals surface area (Å²) in [5.41, 5.74) is 8.92. The molecule has 35 heavy (non-hydrogen) atoms. The van der Waals surface area contributed by atoms with Gasteiger partial charge in [0.15, 0.2) is 0 Å². The van der Waals surface area contributed by atoms with Crippen LogP contribution in [0.5, 0.6) is 0 Å². The highest BCUT2D eigenvalue weighted by atomic mass is 16.5. The van der Waals surface area contributed by atoms with E-state index in [1.807, 2.05) is 0 Å². The fourth-order valence-electron chi connectivity index (χ4n) is 2.91. The monoisotopic (exact) mass is 489 g/mol. The maximum atomic E-state index is 12.2. The summed E-state index contributed by atoms with van der Waals surface area (Å²) in [5.74, 6) is -0.636. The van der Waals surface area contributed by atoms with Gasteiger partial charge in [-0.1, -0.05) is 18.2 Å². The molecule has 1 aliphatic rings. The summed E-state index contributed by atoms with van der Waals surface area (Å²) in [6, 6.07) is 3.33. The molecule has 0 saturated carbocycles. The van der Waals surface area contributed by atoms with Crippen LogP contribution in [0.2, 0.25) is 0 Å². The zero-order valence-corrected chi connectivity index (χ0v) is 19.9. The molecule has 1 unspecified atom stereocenters. The molecular formula is C24H35N5O6. The van der Waals surface area contributed by atoms with Gasteiger partial charge in [0.25, 0.3) is 5.91 Å². The van der Waals surface area contributed by atoms with Gasteiger partial charge in [0.2, 0.25) is 0 Å². The topological polar surface area (TPSA) is 157 Å². The zero-order valence-electron chi connectivity index (χ0n) is 19.9. The fraction of sp³-hybridized carbons (Fsp3) is 0.500. The average molecular weight is 490 g/mol. The molecule has 0 radical (unpaired) electrons. The van der Waals surface area contributed by atoms with Gasteiger partial charge in [0.05, 0.1) is 37.6 Å². The number of ether oxygens (including phenoxy) is 3. The van der Waals surface area contributed by atoms with E-state index in [9.17, 15) is 9.59 Å². The van der Waals surface area contributed by atoms with Crippen molar-refractivity contribution in [2.45, 2.75) is 19.3 Å². The number of hydrazone groups is 1. The number of anilines is 1. The van der Waals surface area contributed by atoms with Crippen LogP contribution in [-0.4, -0.2) is 80.9 Å². The first-order valence-corrected chi connectivity index (χ1v) is 11.7. The summed E-state index contributed by atoms with van der Waals surface area (Å²) >= 11 is 0. The van der Waals surface area contributed by atoms with Crippen LogP contribution in [0.15, 0.2) is 47.2 Å². The van der Waals surface area contributed by atoms with E-state index >= 15 is 0 Å². The highest BCUT2D eigenvalue weighted by molar-refractivity contribution is 5.94. The Morgan fingerprint density at radius 2 is 1.83 bits per heavy atom. The Bertz CT molecular complexity index is 856. The molecule has 2 rings (SSSR count). The average Bonchev–Trinajstić information content (AvgIpc) is 2.87. The van der Waals surface area contributed by atoms with E-state index in [0.29, 0.717) is 77.0 Å². The van der Waals surface area contributed by atoms with Gasteiger partial charge in [-0.2, -0.15) is 5.10 Å². The molecule has 0 bridgehead atoms. The third-order valence-corrected chi connectivity index (χ3v) is 4.84. The molecule has 5 N–H and O–H groups in total. The lowest BCUT2D eigenvalue weighted by atomic mass is 9.98. The Morgan fingerprint density at radius 1 is 1.11 bits per heavy atom. The smallest absolute Gasteiger partial charge is 0.335 e. The van der Waals surface area contributed by atoms with E-state index < -0.39 is 5.97 Å². The molecule has 1 heterocycles. The number of hydrogen-bond donors (Lipinski definition) is 4. The van der Waals surface area contributed by atoms with Crippen molar-refractivity contribution < 1.29 is 28.9 Å². The number of nitrogens with zero attached hydrogens (tertiary/aromatic N) is 2. The predicted molar refractivity (Wildman–Crippen MR) is 132 cm³/mol. The number of nitrogens with two attached hydrogens (primary N) is 1. The molecule has 0 fully saturated rings. The molecule has 1 aromatic heterocycles. The van der Waals surface area contributed by atoms with Crippen molar-refractivity contribution in [1.29, 1.82) is 0 Å². The Morgan fingerprint density at radius 3 is 2.43 bits per heavy atom. The lowest BCUT2D eigenvalue weighted by molar-refractivity contribution is -0.132. The number of carbonyl (C=O) groups is 2. The van der Waals surface area contributed by atoms with Gasteiger partial charge in [0, 0.05) is 38.1 Å². The first kappa shape index (κ1) is 28.1. The van der Waals surface area contributed by atoms with E-state index in [-0.39, 0.29) is 17.4 Å². The van der Waals surface area contributed by atoms with E-state index in [2.05, 4.69) is 20.8 Å². The summed E-state index contributed by atoms with van der Waals surface area (Å²) in [4.78, 5) is 27.3. The highest BCUT2D eigenvalue weighted by Gasteiger charge is 2.11. The second-order valence-corrected chi connectivity index (χ2v) is 7.63. The highest BCUT2D eigenvalue weighted by Crippen LogP contribution is 2.15. The van der Waals surface area contributed by atoms with Crippen LogP contribution in [0.1, 0.15) is 29.6 Å². The number of nitrogens with one attached hydrogen (secondary N) is 2. The van der Waals surface area contributed by atoms with Gasteiger partial charge in [-0.05, 0) is 37.9 Å². The maximum absolute atomic E-state index is 12.2. The number of carbonyl (C=O) groups excluding carboxylic acids is 1. The molecule has 0 saturated heterocycles. The van der Waals surface area contributed by atoms with E-state index in [4.69, 9.17) is 25.1 Å². The summed E-state index contributed by atoms with van der Waals surface area (Å²) in [6.07, 6.45) is 10.3. The van der Waals surface area contributed by atoms with E-state index in [1.165, 1.54) is 6.20 Å². The largest absolute Gasteiger partial charge is 0.478 e. The van der Waals surface area contributed by atoms with Crippen LogP contribution in [0, 0.1) is 5.92 Å². The van der Waals surface area contributed by atoms with Gasteiger partial charge in [-0.15, -0.1) is 0 Å². The van der Waals surface area contributed by atoms with Crippen LogP contribution >= 0.6 is 0 Å². The van der Waals surface area contributed by atoms with Crippen LogP contribution in [-0.2, 0) is 19.0 Å². The number of hydrogen-bond acceptors (Lipinski definition) is 9. The number of rotatable bonds is 18. The molecule has 192 valence electrons. The molecule has 0 aliphatic heterocycles. The molecule has 1 aliphatic carbocycles. The SMILES string of the molecule is NCCCOCCOCCOCCCNC(=O)c1ccc(N/N=C/C2C=CC(C(=O)O)=CC2)nc1. The van der Waals surface area contributed by atoms with E-state index in [1.54, 1.807) is 36.6 Å². The van der Waals surface area contributed by atoms with Crippen molar-refractivity contribution in [3.8, 4) is 0 Å². The lowest BCUT2D eigenvalue weighted by Crippen LogP contribution is -2.25. The molecule has 1 atom stereocenters. The Kier molecular flexibility index (Phi) is 13.9. The molecule has 0 spiro atoms. The Balaban J connectivity index is 1.51. The maximum Gasteiger partial charge on any atom is 0.335 e. The van der Waals surface area contributed by atoms with Crippen LogP contribution in [0.4, 0.5) is 5.82 Å². The van der Waals surface area contributed by atoms with Crippen molar-refractivity contribution >= 4 is 23.9 Å². The van der Waals surface area contributed by atoms with Crippen molar-refractivity contribution in [2.24, 2.45) is 16.8 Å². The van der Waals surface area contributed by atoms with Crippen LogP contribution in [0.25, 0.3) is 0 Å². The number of allylic oxidation sites excluding steroid dienone is 2. The van der Waals surface area contributed by atoms with Crippen molar-refractivity contribution in [3.63, 3.8) is 0 Å². The summed E-state index contributed by atoms with van der Waals surface area (Å²) < 4.78 is 16.2. The van der Waals surface area contributed by atoms with Crippen molar-refractivity contribution in [1.82, 2.24) is 10.3 Å². The quantitative estimate of drug-likeness (QED) is 0.136. The first-order chi connectivity index (χ1) is 17.1. The zero-order chi connectivity index (χ0) is 25.1. The fourth-order valence-corrected chi connectivity index (χ4v) is 2.91. The van der Waals surface area contributed by atoms with Gasteiger partial charge in [-0.25, -0.2) is 9.78 Å². The van der Waals surface area contributed by atoms with Crippen LogP contribution < -0.4 is 16.5 Å². The summed E-state index contributed by atoms with van der Waals surface area (Å²) in [7, 11) is 0. The summed E-state index contributed by atoms with van der Waals surface area (Å²) in [6.45, 7) is 4.39. The number of carboxylic acid groups (broad SMARTS) is 1. The first-order valence-electron chi connectivity index (χ1n) is 11.7. The Labute approximate surface area is 205 Å². The van der Waals surface area contributed by atoms with Crippen molar-refractivity contribution in [3.05, 3.63) is 47.7 Å². The number of amides is 1. The molecular weight excluding hydrogens is 454 g/mol. The van der Waals surface area contributed by atoms with Gasteiger partial charge >= 0.3 is 5.97 Å². The normalized spacial score (nSPS) is 15.2. The van der Waals surface area contributed by atoms with Gasteiger partial charge in [-0.3, -0.25) is 10.2 Å². The third-order valence-electron chi connectivity index (χ3n) is 4.84. The Hall–Kier alpha value is -3.12. The number of pyridine rings is 1. The van der Waals surface area contributed by atoms with Crippen LogP contribution in [0.3, 0.4) is 0 Å². The summed E-state index contributed by atoms with van der Waals surface area (Å²) in [5, 5.41) is 15.9. The van der Waals surface area contributed by atoms with E-state index in [0.717, 1.165) is 6.42 Å². The minimum atomic E-state index is -0.936.